The third-order valence-corrected chi connectivity index (χ3v) is 6.06. The Morgan fingerprint density at radius 2 is 1.86 bits per heavy atom. The summed E-state index contributed by atoms with van der Waals surface area (Å²) in [6.45, 7) is 3.55. The third kappa shape index (κ3) is 4.51. The maximum absolute atomic E-state index is 14.8. The lowest BCUT2D eigenvalue weighted by Crippen LogP contribution is -2.26. The minimum absolute atomic E-state index is 0.0450. The van der Waals surface area contributed by atoms with Gasteiger partial charge < -0.3 is 10.1 Å². The second-order valence-electron chi connectivity index (χ2n) is 7.78. The smallest absolute Gasteiger partial charge is 0.276 e. The first-order valence-corrected chi connectivity index (χ1v) is 11.4. The molecule has 3 aromatic heterocycles. The van der Waals surface area contributed by atoms with E-state index in [0.29, 0.717) is 16.6 Å². The quantitative estimate of drug-likeness (QED) is 0.373. The van der Waals surface area contributed by atoms with E-state index in [1.807, 2.05) is 24.4 Å². The number of carbonyl (C=O) groups excluding carboxylic acids is 1. The number of anilines is 1. The average Bonchev–Trinajstić information content (AvgIpc) is 3.31. The molecule has 0 aliphatic rings. The van der Waals surface area contributed by atoms with E-state index in [1.165, 1.54) is 35.9 Å². The molecule has 0 unspecified atom stereocenters. The molecule has 0 radical (unpaired) electrons. The first kappa shape index (κ1) is 22.4. The molecule has 174 valence electrons. The van der Waals surface area contributed by atoms with E-state index in [2.05, 4.69) is 20.4 Å². The van der Waals surface area contributed by atoms with Gasteiger partial charge in [0.05, 0.1) is 11.1 Å². The summed E-state index contributed by atoms with van der Waals surface area (Å²) in [6, 6.07) is 14.4. The average molecular weight is 488 g/mol. The molecule has 0 aliphatic heterocycles. The lowest BCUT2D eigenvalue weighted by atomic mass is 10.2. The van der Waals surface area contributed by atoms with Crippen molar-refractivity contribution in [2.75, 3.05) is 5.32 Å². The van der Waals surface area contributed by atoms with Gasteiger partial charge in [0.15, 0.2) is 17.3 Å². The summed E-state index contributed by atoms with van der Waals surface area (Å²) in [4.78, 5) is 34.3. The highest BCUT2D eigenvalue weighted by atomic mass is 32.1. The van der Waals surface area contributed by atoms with Gasteiger partial charge in [-0.05, 0) is 55.1 Å². The van der Waals surface area contributed by atoms with Crippen molar-refractivity contribution in [3.05, 3.63) is 99.3 Å². The van der Waals surface area contributed by atoms with Gasteiger partial charge in [-0.15, -0.1) is 11.3 Å². The number of hydrogen-bond acceptors (Lipinski definition) is 7. The van der Waals surface area contributed by atoms with Crippen LogP contribution >= 0.6 is 11.3 Å². The summed E-state index contributed by atoms with van der Waals surface area (Å²) in [5.74, 6) is -1.06. The highest BCUT2D eigenvalue weighted by Crippen LogP contribution is 2.31. The maximum atomic E-state index is 14.8. The molecular formula is C25H18FN5O3S. The molecule has 0 atom stereocenters. The zero-order valence-electron chi connectivity index (χ0n) is 18.7. The van der Waals surface area contributed by atoms with Gasteiger partial charge in [0.2, 0.25) is 5.88 Å². The maximum Gasteiger partial charge on any atom is 0.276 e. The Bertz CT molecular complexity index is 1630. The fraction of sp³-hybridized carbons (Fsp3) is 0.0800. The number of thiophene rings is 1. The SMILES string of the molecule is Cc1ccc(-n2nc(C(=O)Nc3ccc(Oc4ncnc5sccc45)c(F)c3)c(C)cc2=O)cc1. The van der Waals surface area contributed by atoms with E-state index in [9.17, 15) is 14.0 Å². The van der Waals surface area contributed by atoms with Gasteiger partial charge in [-0.3, -0.25) is 9.59 Å². The van der Waals surface area contributed by atoms with Gasteiger partial charge >= 0.3 is 0 Å². The second kappa shape index (κ2) is 9.07. The fourth-order valence-corrected chi connectivity index (χ4v) is 4.17. The normalized spacial score (nSPS) is 10.9. The van der Waals surface area contributed by atoms with Gasteiger partial charge in [0.25, 0.3) is 11.5 Å². The number of hydrogen-bond donors (Lipinski definition) is 1. The Morgan fingerprint density at radius 1 is 1.06 bits per heavy atom. The highest BCUT2D eigenvalue weighted by molar-refractivity contribution is 7.16. The van der Waals surface area contributed by atoms with Crippen LogP contribution in [0.2, 0.25) is 0 Å². The van der Waals surface area contributed by atoms with Crippen LogP contribution in [0.15, 0.2) is 71.1 Å². The molecule has 5 aromatic rings. The molecule has 1 N–H and O–H groups in total. The fourth-order valence-electron chi connectivity index (χ4n) is 3.44. The molecule has 0 saturated carbocycles. The van der Waals surface area contributed by atoms with Crippen LogP contribution in [-0.4, -0.2) is 25.7 Å². The molecule has 8 nitrogen and oxygen atoms in total. The van der Waals surface area contributed by atoms with Crippen LogP contribution in [-0.2, 0) is 0 Å². The standard InChI is InChI=1S/C25H18FN5O3S/c1-14-3-6-17(7-4-14)31-21(32)11-15(2)22(30-31)23(33)29-16-5-8-20(19(26)12-16)34-24-18-9-10-35-25(18)28-13-27-24/h3-13H,1-2H3,(H,29,33). The van der Waals surface area contributed by atoms with Crippen LogP contribution in [0.3, 0.4) is 0 Å². The van der Waals surface area contributed by atoms with Crippen LogP contribution < -0.4 is 15.6 Å². The van der Waals surface area contributed by atoms with Crippen LogP contribution in [0.25, 0.3) is 15.9 Å². The van der Waals surface area contributed by atoms with E-state index in [1.54, 1.807) is 25.1 Å². The van der Waals surface area contributed by atoms with Crippen molar-refractivity contribution in [3.63, 3.8) is 0 Å². The van der Waals surface area contributed by atoms with Crippen molar-refractivity contribution in [3.8, 4) is 17.3 Å². The van der Waals surface area contributed by atoms with E-state index >= 15 is 0 Å². The van der Waals surface area contributed by atoms with Gasteiger partial charge in [0.1, 0.15) is 11.2 Å². The number of aromatic nitrogens is 4. The number of ether oxygens (including phenoxy) is 1. The van der Waals surface area contributed by atoms with Crippen LogP contribution in [0.4, 0.5) is 10.1 Å². The van der Waals surface area contributed by atoms with Gasteiger partial charge in [-0.25, -0.2) is 14.4 Å². The summed E-state index contributed by atoms with van der Waals surface area (Å²) >= 11 is 1.43. The Kier molecular flexibility index (Phi) is 5.79. The van der Waals surface area contributed by atoms with Crippen molar-refractivity contribution in [2.24, 2.45) is 0 Å². The molecule has 5 rings (SSSR count). The van der Waals surface area contributed by atoms with Gasteiger partial charge in [0, 0.05) is 17.8 Å². The number of benzene rings is 2. The predicted molar refractivity (Wildman–Crippen MR) is 131 cm³/mol. The second-order valence-corrected chi connectivity index (χ2v) is 8.68. The monoisotopic (exact) mass is 487 g/mol. The molecule has 1 amide bonds. The van der Waals surface area contributed by atoms with Crippen LogP contribution in [0.1, 0.15) is 21.6 Å². The number of nitrogens with one attached hydrogen (secondary N) is 1. The van der Waals surface area contributed by atoms with E-state index in [-0.39, 0.29) is 28.6 Å². The van der Waals surface area contributed by atoms with Crippen LogP contribution in [0.5, 0.6) is 11.6 Å². The molecule has 10 heteroatoms. The lowest BCUT2D eigenvalue weighted by molar-refractivity contribution is 0.102. The number of rotatable bonds is 5. The first-order valence-electron chi connectivity index (χ1n) is 10.5. The van der Waals surface area contributed by atoms with E-state index < -0.39 is 11.7 Å². The van der Waals surface area contributed by atoms with E-state index in [4.69, 9.17) is 4.74 Å². The summed E-state index contributed by atoms with van der Waals surface area (Å²) in [7, 11) is 0. The number of carbonyl (C=O) groups is 1. The summed E-state index contributed by atoms with van der Waals surface area (Å²) in [6.07, 6.45) is 1.35. The summed E-state index contributed by atoms with van der Waals surface area (Å²) in [5, 5.41) is 9.40. The summed E-state index contributed by atoms with van der Waals surface area (Å²) in [5.41, 5.74) is 1.86. The highest BCUT2D eigenvalue weighted by Gasteiger charge is 2.17. The van der Waals surface area contributed by atoms with Gasteiger partial charge in [-0.1, -0.05) is 17.7 Å². The molecule has 35 heavy (non-hydrogen) atoms. The minimum Gasteiger partial charge on any atom is -0.435 e. The molecule has 3 heterocycles. The number of halogens is 1. The predicted octanol–water partition coefficient (Wildman–Crippen LogP) is 5.04. The zero-order valence-corrected chi connectivity index (χ0v) is 19.5. The van der Waals surface area contributed by atoms with Gasteiger partial charge in [-0.2, -0.15) is 9.78 Å². The molecule has 0 bridgehead atoms. The Morgan fingerprint density at radius 3 is 2.63 bits per heavy atom. The number of nitrogens with zero attached hydrogens (tertiary/aromatic N) is 4. The van der Waals surface area contributed by atoms with Crippen molar-refractivity contribution >= 4 is 33.1 Å². The molecule has 0 saturated heterocycles. The Balaban J connectivity index is 1.39. The molecule has 0 fully saturated rings. The van der Waals surface area contributed by atoms with Crippen molar-refractivity contribution < 1.29 is 13.9 Å². The minimum atomic E-state index is -0.681. The number of fused-ring (bicyclic) bond motifs is 1. The Labute approximate surface area is 202 Å². The zero-order chi connectivity index (χ0) is 24.5. The molecular weight excluding hydrogens is 469 g/mol. The van der Waals surface area contributed by atoms with Crippen molar-refractivity contribution in [1.82, 2.24) is 19.7 Å². The third-order valence-electron chi connectivity index (χ3n) is 5.24. The Hall–Kier alpha value is -4.44. The van der Waals surface area contributed by atoms with Crippen molar-refractivity contribution in [1.29, 1.82) is 0 Å². The first-order chi connectivity index (χ1) is 16.9. The summed E-state index contributed by atoms with van der Waals surface area (Å²) < 4.78 is 21.6. The number of aryl methyl sites for hydroxylation is 2. The topological polar surface area (TPSA) is 99.0 Å². The van der Waals surface area contributed by atoms with Crippen LogP contribution in [0, 0.1) is 19.7 Å². The molecule has 2 aromatic carbocycles. The van der Waals surface area contributed by atoms with Crippen molar-refractivity contribution in [2.45, 2.75) is 13.8 Å². The lowest BCUT2D eigenvalue weighted by Gasteiger charge is -2.12. The molecule has 0 aliphatic carbocycles. The largest absolute Gasteiger partial charge is 0.435 e. The number of amides is 1. The molecule has 0 spiro atoms. The van der Waals surface area contributed by atoms with E-state index in [0.717, 1.165) is 21.1 Å².